The van der Waals surface area contributed by atoms with Gasteiger partial charge in [0.25, 0.3) is 0 Å². The fraction of sp³-hybridized carbons (Fsp3) is 1.00. The summed E-state index contributed by atoms with van der Waals surface area (Å²) in [7, 11) is 0. The molecule has 1 aliphatic rings. The van der Waals surface area contributed by atoms with Crippen LogP contribution < -0.4 is 0 Å². The molecule has 1 saturated carbocycles. The Labute approximate surface area is 71.4 Å². The summed E-state index contributed by atoms with van der Waals surface area (Å²) in [6.45, 7) is 11.9. The van der Waals surface area contributed by atoms with Crippen molar-refractivity contribution in [2.24, 2.45) is 16.7 Å². The second kappa shape index (κ2) is 2.50. The van der Waals surface area contributed by atoms with Crippen LogP contribution in [0.25, 0.3) is 0 Å². The van der Waals surface area contributed by atoms with E-state index in [1.165, 1.54) is 19.3 Å². The van der Waals surface area contributed by atoms with Gasteiger partial charge in [0, 0.05) is 0 Å². The van der Waals surface area contributed by atoms with Crippen LogP contribution in [0.4, 0.5) is 0 Å². The van der Waals surface area contributed by atoms with Gasteiger partial charge >= 0.3 is 0 Å². The van der Waals surface area contributed by atoms with Crippen molar-refractivity contribution in [2.45, 2.75) is 53.9 Å². The third-order valence-corrected chi connectivity index (χ3v) is 4.34. The lowest BCUT2D eigenvalue weighted by molar-refractivity contribution is 0.403. The van der Waals surface area contributed by atoms with Crippen molar-refractivity contribution < 1.29 is 0 Å². The Hall–Kier alpha value is 0. The van der Waals surface area contributed by atoms with Crippen molar-refractivity contribution in [3.8, 4) is 0 Å². The molecule has 0 spiro atoms. The molecule has 1 aliphatic carbocycles. The van der Waals surface area contributed by atoms with Gasteiger partial charge in [0.05, 0.1) is 0 Å². The third-order valence-electron chi connectivity index (χ3n) is 4.34. The van der Waals surface area contributed by atoms with Gasteiger partial charge in [-0.05, 0) is 29.6 Å². The summed E-state index contributed by atoms with van der Waals surface area (Å²) in [5.41, 5.74) is 1.28. The largest absolute Gasteiger partial charge is 0.0654 e. The van der Waals surface area contributed by atoms with Gasteiger partial charge in [0.1, 0.15) is 0 Å². The Morgan fingerprint density at radius 1 is 1.09 bits per heavy atom. The van der Waals surface area contributed by atoms with E-state index in [0.717, 1.165) is 5.92 Å². The van der Waals surface area contributed by atoms with Crippen molar-refractivity contribution in [3.63, 3.8) is 0 Å². The quantitative estimate of drug-likeness (QED) is 0.579. The van der Waals surface area contributed by atoms with Crippen LogP contribution in [0, 0.1) is 16.7 Å². The van der Waals surface area contributed by atoms with Crippen LogP contribution in [0.1, 0.15) is 53.9 Å². The zero-order valence-corrected chi connectivity index (χ0v) is 8.70. The van der Waals surface area contributed by atoms with E-state index in [0.29, 0.717) is 10.8 Å². The smallest absolute Gasteiger partial charge is 0.0241 e. The van der Waals surface area contributed by atoms with Crippen LogP contribution in [0.2, 0.25) is 0 Å². The van der Waals surface area contributed by atoms with Gasteiger partial charge in [-0.3, -0.25) is 0 Å². The zero-order chi connectivity index (χ0) is 8.70. The predicted molar refractivity (Wildman–Crippen MR) is 50.6 cm³/mol. The molecule has 0 heterocycles. The summed E-state index contributed by atoms with van der Waals surface area (Å²) < 4.78 is 0. The van der Waals surface area contributed by atoms with Crippen LogP contribution in [-0.4, -0.2) is 0 Å². The van der Waals surface area contributed by atoms with E-state index in [9.17, 15) is 0 Å². The predicted octanol–water partition coefficient (Wildman–Crippen LogP) is 3.86. The molecule has 1 fully saturated rings. The second-order valence-electron chi connectivity index (χ2n) is 4.83. The van der Waals surface area contributed by atoms with E-state index in [1.54, 1.807) is 0 Å². The molecule has 0 nitrogen and oxygen atoms in total. The van der Waals surface area contributed by atoms with Gasteiger partial charge in [-0.15, -0.1) is 0 Å². The molecular formula is C11H22. The molecule has 0 aliphatic heterocycles. The minimum atomic E-state index is 0.623. The molecule has 0 aromatic rings. The fourth-order valence-electron chi connectivity index (χ4n) is 2.87. The first-order chi connectivity index (χ1) is 5.00. The zero-order valence-electron chi connectivity index (χ0n) is 8.70. The minimum absolute atomic E-state index is 0.623. The van der Waals surface area contributed by atoms with Crippen molar-refractivity contribution >= 4 is 0 Å². The highest BCUT2D eigenvalue weighted by Crippen LogP contribution is 2.71. The Morgan fingerprint density at radius 2 is 1.64 bits per heavy atom. The van der Waals surface area contributed by atoms with Gasteiger partial charge in [0.15, 0.2) is 0 Å². The Balaban J connectivity index is 2.59. The molecule has 11 heavy (non-hydrogen) atoms. The number of rotatable bonds is 3. The van der Waals surface area contributed by atoms with Crippen molar-refractivity contribution in [1.29, 1.82) is 0 Å². The monoisotopic (exact) mass is 154 g/mol. The number of hydrogen-bond acceptors (Lipinski definition) is 0. The molecule has 66 valence electrons. The summed E-state index contributed by atoms with van der Waals surface area (Å²) in [6, 6.07) is 0. The lowest BCUT2D eigenvalue weighted by atomic mass is 9.95. The fourth-order valence-corrected chi connectivity index (χ4v) is 2.87. The highest BCUT2D eigenvalue weighted by atomic mass is 14.7. The lowest BCUT2D eigenvalue weighted by Crippen LogP contribution is -2.00. The molecule has 0 heteroatoms. The van der Waals surface area contributed by atoms with Crippen molar-refractivity contribution in [2.75, 3.05) is 0 Å². The maximum Gasteiger partial charge on any atom is -0.0241 e. The Kier molecular flexibility index (Phi) is 2.07. The normalized spacial score (nSPS) is 40.6. The molecule has 2 unspecified atom stereocenters. The van der Waals surface area contributed by atoms with Crippen LogP contribution in [0.15, 0.2) is 0 Å². The molecule has 1 rings (SSSR count). The summed E-state index contributed by atoms with van der Waals surface area (Å²) in [5.74, 6) is 0.991. The summed E-state index contributed by atoms with van der Waals surface area (Å²) in [4.78, 5) is 0. The standard InChI is InChI=1S/C11H22/c1-6-8-9-10(3,4)11(9,5)7-2/h9H,6-8H2,1-5H3. The second-order valence-corrected chi connectivity index (χ2v) is 4.83. The maximum atomic E-state index is 2.45. The van der Waals surface area contributed by atoms with Crippen molar-refractivity contribution in [3.05, 3.63) is 0 Å². The molecule has 0 aromatic carbocycles. The Morgan fingerprint density at radius 3 is 1.91 bits per heavy atom. The average Bonchev–Trinajstić information content (AvgIpc) is 2.36. The van der Waals surface area contributed by atoms with E-state index in [-0.39, 0.29) is 0 Å². The summed E-state index contributed by atoms with van der Waals surface area (Å²) >= 11 is 0. The van der Waals surface area contributed by atoms with Gasteiger partial charge < -0.3 is 0 Å². The summed E-state index contributed by atoms with van der Waals surface area (Å²) in [6.07, 6.45) is 4.13. The lowest BCUT2D eigenvalue weighted by Gasteiger charge is -2.09. The van der Waals surface area contributed by atoms with Gasteiger partial charge in [-0.1, -0.05) is 41.0 Å². The van der Waals surface area contributed by atoms with Gasteiger partial charge in [-0.2, -0.15) is 0 Å². The maximum absolute atomic E-state index is 2.45. The molecule has 0 saturated heterocycles. The van der Waals surface area contributed by atoms with E-state index in [4.69, 9.17) is 0 Å². The first-order valence-corrected chi connectivity index (χ1v) is 5.00. The van der Waals surface area contributed by atoms with E-state index in [2.05, 4.69) is 34.6 Å². The third kappa shape index (κ3) is 1.02. The van der Waals surface area contributed by atoms with Crippen LogP contribution in [0.3, 0.4) is 0 Å². The number of hydrogen-bond donors (Lipinski definition) is 0. The van der Waals surface area contributed by atoms with Gasteiger partial charge in [-0.25, -0.2) is 0 Å². The first kappa shape index (κ1) is 9.09. The van der Waals surface area contributed by atoms with E-state index < -0.39 is 0 Å². The molecule has 0 radical (unpaired) electrons. The SMILES string of the molecule is CCCC1C(C)(C)C1(C)CC. The van der Waals surface area contributed by atoms with Crippen LogP contribution in [0.5, 0.6) is 0 Å². The van der Waals surface area contributed by atoms with Gasteiger partial charge in [0.2, 0.25) is 0 Å². The first-order valence-electron chi connectivity index (χ1n) is 5.00. The minimum Gasteiger partial charge on any atom is -0.0654 e. The van der Waals surface area contributed by atoms with Crippen LogP contribution in [-0.2, 0) is 0 Å². The average molecular weight is 154 g/mol. The van der Waals surface area contributed by atoms with E-state index in [1.807, 2.05) is 0 Å². The Bertz CT molecular complexity index is 146. The molecule has 0 aromatic heterocycles. The summed E-state index contributed by atoms with van der Waals surface area (Å²) in [5, 5.41) is 0. The molecular weight excluding hydrogens is 132 g/mol. The topological polar surface area (TPSA) is 0 Å². The van der Waals surface area contributed by atoms with Crippen molar-refractivity contribution in [1.82, 2.24) is 0 Å². The highest BCUT2D eigenvalue weighted by Gasteiger charge is 2.65. The molecule has 0 amide bonds. The van der Waals surface area contributed by atoms with E-state index >= 15 is 0 Å². The van der Waals surface area contributed by atoms with Crippen LogP contribution >= 0.6 is 0 Å². The molecule has 2 atom stereocenters. The molecule has 0 N–H and O–H groups in total. The highest BCUT2D eigenvalue weighted by molar-refractivity contribution is 5.13. The molecule has 0 bridgehead atoms.